The zero-order chi connectivity index (χ0) is 15.4. The number of hydrogen-bond acceptors (Lipinski definition) is 7. The van der Waals surface area contributed by atoms with Gasteiger partial charge in [-0.1, -0.05) is 11.6 Å². The smallest absolute Gasteiger partial charge is 0.296 e. The summed E-state index contributed by atoms with van der Waals surface area (Å²) in [5, 5.41) is 14.1. The van der Waals surface area contributed by atoms with Crippen LogP contribution >= 0.6 is 22.9 Å². The fourth-order valence-corrected chi connectivity index (χ4v) is 2.63. The number of methoxy groups -OCH3 is 2. The third kappa shape index (κ3) is 3.53. The van der Waals surface area contributed by atoms with Crippen LogP contribution in [0.4, 0.5) is 11.4 Å². The van der Waals surface area contributed by atoms with Crippen molar-refractivity contribution in [3.05, 3.63) is 37.8 Å². The molecule has 0 spiro atoms. The molecule has 0 aliphatic carbocycles. The van der Waals surface area contributed by atoms with Crippen molar-refractivity contribution in [1.29, 1.82) is 0 Å². The highest BCUT2D eigenvalue weighted by Crippen LogP contribution is 2.37. The molecule has 0 aliphatic heterocycles. The van der Waals surface area contributed by atoms with E-state index in [1.54, 1.807) is 6.20 Å². The molecule has 1 N–H and O–H groups in total. The quantitative estimate of drug-likeness (QED) is 0.646. The predicted octanol–water partition coefficient (Wildman–Crippen LogP) is 3.33. The second-order valence-corrected chi connectivity index (χ2v) is 5.61. The molecule has 0 bridgehead atoms. The van der Waals surface area contributed by atoms with Crippen LogP contribution in [0.2, 0.25) is 4.47 Å². The van der Waals surface area contributed by atoms with Crippen molar-refractivity contribution in [3.8, 4) is 11.5 Å². The van der Waals surface area contributed by atoms with Crippen molar-refractivity contribution in [2.75, 3.05) is 19.5 Å². The van der Waals surface area contributed by atoms with Gasteiger partial charge in [0.25, 0.3) is 5.69 Å². The van der Waals surface area contributed by atoms with Gasteiger partial charge < -0.3 is 14.8 Å². The molecule has 112 valence electrons. The summed E-state index contributed by atoms with van der Waals surface area (Å²) in [4.78, 5) is 15.4. The van der Waals surface area contributed by atoms with Gasteiger partial charge in [0.2, 0.25) is 0 Å². The summed E-state index contributed by atoms with van der Waals surface area (Å²) in [5.74, 6) is 0.712. The Labute approximate surface area is 129 Å². The zero-order valence-corrected chi connectivity index (χ0v) is 12.8. The Morgan fingerprint density at radius 3 is 2.57 bits per heavy atom. The van der Waals surface area contributed by atoms with E-state index in [0.29, 0.717) is 28.2 Å². The van der Waals surface area contributed by atoms with E-state index in [1.807, 2.05) is 0 Å². The summed E-state index contributed by atoms with van der Waals surface area (Å²) in [7, 11) is 2.89. The molecule has 7 nitrogen and oxygen atoms in total. The number of hydrogen-bond donors (Lipinski definition) is 1. The Balaban J connectivity index is 2.29. The molecule has 1 heterocycles. The summed E-state index contributed by atoms with van der Waals surface area (Å²) < 4.78 is 10.6. The number of nitrogens with zero attached hydrogens (tertiary/aromatic N) is 2. The number of benzene rings is 1. The first-order valence-electron chi connectivity index (χ1n) is 5.79. The topological polar surface area (TPSA) is 86.5 Å². The second-order valence-electron chi connectivity index (χ2n) is 3.91. The Kier molecular flexibility index (Phi) is 4.81. The molecule has 0 fully saturated rings. The third-order valence-electron chi connectivity index (χ3n) is 2.68. The first-order chi connectivity index (χ1) is 10.0. The van der Waals surface area contributed by atoms with Gasteiger partial charge in [-0.2, -0.15) is 0 Å². The number of anilines is 1. The van der Waals surface area contributed by atoms with Crippen molar-refractivity contribution in [2.24, 2.45) is 0 Å². The molecular weight excluding hydrogens is 318 g/mol. The van der Waals surface area contributed by atoms with Gasteiger partial charge in [-0.05, 0) is 0 Å². The zero-order valence-electron chi connectivity index (χ0n) is 11.3. The Morgan fingerprint density at radius 1 is 1.38 bits per heavy atom. The number of nitrogens with one attached hydrogen (secondary N) is 1. The molecule has 0 aliphatic rings. The molecule has 0 atom stereocenters. The van der Waals surface area contributed by atoms with Crippen molar-refractivity contribution in [3.63, 3.8) is 0 Å². The van der Waals surface area contributed by atoms with Gasteiger partial charge in [-0.3, -0.25) is 10.1 Å². The van der Waals surface area contributed by atoms with Gasteiger partial charge in [0, 0.05) is 17.1 Å². The van der Waals surface area contributed by atoms with E-state index in [0.717, 1.165) is 4.88 Å². The number of aromatic nitrogens is 1. The van der Waals surface area contributed by atoms with Crippen molar-refractivity contribution >= 4 is 34.3 Å². The minimum Gasteiger partial charge on any atom is -0.493 e. The number of rotatable bonds is 6. The Bertz CT molecular complexity index is 662. The monoisotopic (exact) mass is 329 g/mol. The molecule has 21 heavy (non-hydrogen) atoms. The van der Waals surface area contributed by atoms with Crippen LogP contribution in [0.3, 0.4) is 0 Å². The van der Waals surface area contributed by atoms with Gasteiger partial charge in [-0.15, -0.1) is 11.3 Å². The van der Waals surface area contributed by atoms with Gasteiger partial charge in [0.05, 0.1) is 31.8 Å². The van der Waals surface area contributed by atoms with E-state index in [9.17, 15) is 10.1 Å². The lowest BCUT2D eigenvalue weighted by Gasteiger charge is -2.11. The van der Waals surface area contributed by atoms with Crippen LogP contribution in [-0.2, 0) is 6.54 Å². The minimum absolute atomic E-state index is 0.0942. The van der Waals surface area contributed by atoms with E-state index < -0.39 is 4.92 Å². The molecular formula is C12H12ClN3O4S. The van der Waals surface area contributed by atoms with Crippen molar-refractivity contribution in [1.82, 2.24) is 4.98 Å². The summed E-state index contributed by atoms with van der Waals surface area (Å²) >= 11 is 7.05. The van der Waals surface area contributed by atoms with Crippen molar-refractivity contribution in [2.45, 2.75) is 6.54 Å². The third-order valence-corrected chi connectivity index (χ3v) is 3.79. The average Bonchev–Trinajstić information content (AvgIpc) is 2.89. The Morgan fingerprint density at radius 2 is 2.05 bits per heavy atom. The number of ether oxygens (including phenoxy) is 2. The van der Waals surface area contributed by atoms with Crippen LogP contribution in [0.15, 0.2) is 18.3 Å². The van der Waals surface area contributed by atoms with Crippen LogP contribution in [0.5, 0.6) is 11.5 Å². The fraction of sp³-hybridized carbons (Fsp3) is 0.250. The lowest BCUT2D eigenvalue weighted by atomic mass is 10.2. The maximum atomic E-state index is 11.1. The maximum absolute atomic E-state index is 11.1. The largest absolute Gasteiger partial charge is 0.493 e. The average molecular weight is 330 g/mol. The normalized spacial score (nSPS) is 10.2. The predicted molar refractivity (Wildman–Crippen MR) is 80.7 cm³/mol. The van der Waals surface area contributed by atoms with Crippen LogP contribution in [-0.4, -0.2) is 24.1 Å². The molecule has 0 amide bonds. The van der Waals surface area contributed by atoms with E-state index in [2.05, 4.69) is 10.3 Å². The van der Waals surface area contributed by atoms with E-state index in [-0.39, 0.29) is 5.69 Å². The first kappa shape index (κ1) is 15.3. The lowest BCUT2D eigenvalue weighted by molar-refractivity contribution is -0.384. The Hall–Kier alpha value is -2.06. The first-order valence-corrected chi connectivity index (χ1v) is 6.99. The van der Waals surface area contributed by atoms with Crippen molar-refractivity contribution < 1.29 is 14.4 Å². The summed E-state index contributed by atoms with van der Waals surface area (Å²) in [6.45, 7) is 0.376. The molecule has 1 aromatic carbocycles. The SMILES string of the molecule is COc1cc(NCc2cnc(Cl)s2)c([N+](=O)[O-])cc1OC. The standard InChI is InChI=1S/C12H12ClN3O4S/c1-19-10-3-8(9(16(17)18)4-11(10)20-2)14-5-7-6-15-12(13)21-7/h3-4,6,14H,5H2,1-2H3. The minimum atomic E-state index is -0.482. The fourth-order valence-electron chi connectivity index (χ4n) is 1.71. The van der Waals surface area contributed by atoms with Crippen LogP contribution in [0.25, 0.3) is 0 Å². The highest BCUT2D eigenvalue weighted by Gasteiger charge is 2.19. The van der Waals surface area contributed by atoms with E-state index in [4.69, 9.17) is 21.1 Å². The molecule has 0 saturated heterocycles. The molecule has 2 aromatic rings. The van der Waals surface area contributed by atoms with Gasteiger partial charge in [-0.25, -0.2) is 4.98 Å². The highest BCUT2D eigenvalue weighted by atomic mass is 35.5. The molecule has 0 saturated carbocycles. The number of thiazole rings is 1. The number of nitro groups is 1. The van der Waals surface area contributed by atoms with Gasteiger partial charge in [0.15, 0.2) is 16.0 Å². The second kappa shape index (κ2) is 6.59. The summed E-state index contributed by atoms with van der Waals surface area (Å²) in [6.07, 6.45) is 1.62. The number of halogens is 1. The molecule has 0 unspecified atom stereocenters. The molecule has 1 aromatic heterocycles. The number of nitro benzene ring substituents is 1. The molecule has 0 radical (unpaired) electrons. The highest BCUT2D eigenvalue weighted by molar-refractivity contribution is 7.15. The van der Waals surface area contributed by atoms with Crippen LogP contribution < -0.4 is 14.8 Å². The summed E-state index contributed by atoms with van der Waals surface area (Å²) in [6, 6.07) is 2.85. The van der Waals surface area contributed by atoms with Gasteiger partial charge >= 0.3 is 0 Å². The van der Waals surface area contributed by atoms with E-state index in [1.165, 1.54) is 37.7 Å². The van der Waals surface area contributed by atoms with Crippen LogP contribution in [0, 0.1) is 10.1 Å². The summed E-state index contributed by atoms with van der Waals surface area (Å²) in [5.41, 5.74) is 0.241. The maximum Gasteiger partial charge on any atom is 0.296 e. The van der Waals surface area contributed by atoms with Gasteiger partial charge in [0.1, 0.15) is 5.69 Å². The molecule has 2 rings (SSSR count). The lowest BCUT2D eigenvalue weighted by Crippen LogP contribution is -2.03. The van der Waals surface area contributed by atoms with Crippen LogP contribution in [0.1, 0.15) is 4.88 Å². The molecule has 9 heteroatoms. The van der Waals surface area contributed by atoms with E-state index >= 15 is 0 Å².